The van der Waals surface area contributed by atoms with Gasteiger partial charge in [-0.2, -0.15) is 0 Å². The Hall–Kier alpha value is -4.82. The van der Waals surface area contributed by atoms with E-state index in [0.29, 0.717) is 5.75 Å². The molecule has 1 aliphatic rings. The van der Waals surface area contributed by atoms with Gasteiger partial charge in [0.25, 0.3) is 0 Å². The van der Waals surface area contributed by atoms with Crippen LogP contribution in [0.25, 0.3) is 22.3 Å². The van der Waals surface area contributed by atoms with E-state index in [1.54, 1.807) is 0 Å². The summed E-state index contributed by atoms with van der Waals surface area (Å²) >= 11 is 0. The molecule has 5 atom stereocenters. The summed E-state index contributed by atoms with van der Waals surface area (Å²) in [4.78, 5) is 25.5. The molecule has 0 spiro atoms. The van der Waals surface area contributed by atoms with Crippen LogP contribution in [0.2, 0.25) is 0 Å². The molecule has 5 rings (SSSR count). The van der Waals surface area contributed by atoms with Crippen LogP contribution in [0.3, 0.4) is 0 Å². The number of hydrogen-bond donors (Lipinski definition) is 7. The van der Waals surface area contributed by atoms with Crippen molar-refractivity contribution in [2.75, 3.05) is 13.7 Å². The molecule has 13 heteroatoms. The summed E-state index contributed by atoms with van der Waals surface area (Å²) in [6.45, 7) is -0.577. The molecule has 2 heterocycles. The molecule has 220 valence electrons. The maximum atomic E-state index is 13.0. The lowest BCUT2D eigenvalue weighted by molar-refractivity contribution is -0.232. The molecule has 0 radical (unpaired) electrons. The highest BCUT2D eigenvalue weighted by molar-refractivity contribution is 5.89. The first kappa shape index (κ1) is 28.7. The fourth-order valence-electron chi connectivity index (χ4n) is 4.70. The van der Waals surface area contributed by atoms with Gasteiger partial charge in [-0.15, -0.1) is 0 Å². The summed E-state index contributed by atoms with van der Waals surface area (Å²) in [5.41, 5.74) is -1.14. The van der Waals surface area contributed by atoms with Crippen molar-refractivity contribution in [2.24, 2.45) is 0 Å². The van der Waals surface area contributed by atoms with Gasteiger partial charge >= 0.3 is 5.97 Å². The van der Waals surface area contributed by atoms with E-state index < -0.39 is 82.5 Å². The van der Waals surface area contributed by atoms with Crippen LogP contribution in [-0.2, 0) is 9.47 Å². The monoisotopic (exact) mass is 582 g/mol. The Kier molecular flexibility index (Phi) is 7.67. The van der Waals surface area contributed by atoms with E-state index in [1.165, 1.54) is 43.5 Å². The van der Waals surface area contributed by atoms with Gasteiger partial charge in [0.05, 0.1) is 18.2 Å². The number of aliphatic hydroxyl groups excluding tert-OH is 3. The molecule has 1 aromatic heterocycles. The molecule has 0 amide bonds. The van der Waals surface area contributed by atoms with E-state index in [1.807, 2.05) is 0 Å². The normalized spacial score (nSPS) is 22.1. The number of hydrogen-bond acceptors (Lipinski definition) is 13. The first-order valence-electron chi connectivity index (χ1n) is 12.6. The minimum Gasteiger partial charge on any atom is -0.507 e. The van der Waals surface area contributed by atoms with Crippen molar-refractivity contribution in [1.29, 1.82) is 0 Å². The van der Waals surface area contributed by atoms with E-state index >= 15 is 0 Å². The van der Waals surface area contributed by atoms with Gasteiger partial charge in [-0.25, -0.2) is 4.79 Å². The third-order valence-corrected chi connectivity index (χ3v) is 6.97. The predicted molar refractivity (Wildman–Crippen MR) is 143 cm³/mol. The van der Waals surface area contributed by atoms with Crippen molar-refractivity contribution in [3.63, 3.8) is 0 Å². The van der Waals surface area contributed by atoms with Gasteiger partial charge in [0.1, 0.15) is 71.1 Å². The van der Waals surface area contributed by atoms with Crippen molar-refractivity contribution < 1.29 is 59.2 Å². The number of carbonyl (C=O) groups excluding carboxylic acids is 1. The van der Waals surface area contributed by atoms with Crippen molar-refractivity contribution in [1.82, 2.24) is 0 Å². The highest BCUT2D eigenvalue weighted by Crippen LogP contribution is 2.45. The quantitative estimate of drug-likeness (QED) is 0.127. The van der Waals surface area contributed by atoms with Crippen molar-refractivity contribution in [2.45, 2.75) is 30.5 Å². The molecule has 4 aromatic rings. The fourth-order valence-corrected chi connectivity index (χ4v) is 4.70. The van der Waals surface area contributed by atoms with Crippen LogP contribution < -0.4 is 10.2 Å². The average molecular weight is 583 g/mol. The Morgan fingerprint density at radius 3 is 2.24 bits per heavy atom. The number of methoxy groups -OCH3 is 1. The maximum absolute atomic E-state index is 13.0. The zero-order valence-corrected chi connectivity index (χ0v) is 21.9. The Bertz CT molecular complexity index is 1700. The van der Waals surface area contributed by atoms with E-state index in [-0.39, 0.29) is 22.5 Å². The molecule has 1 saturated heterocycles. The lowest BCUT2D eigenvalue weighted by Gasteiger charge is -2.40. The van der Waals surface area contributed by atoms with Crippen LogP contribution in [0.15, 0.2) is 63.8 Å². The minimum atomic E-state index is -1.88. The maximum Gasteiger partial charge on any atom is 0.338 e. The molecular weight excluding hydrogens is 556 g/mol. The second kappa shape index (κ2) is 11.2. The van der Waals surface area contributed by atoms with Gasteiger partial charge in [0.2, 0.25) is 0 Å². The smallest absolute Gasteiger partial charge is 0.338 e. The Morgan fingerprint density at radius 2 is 1.57 bits per heavy atom. The number of phenolic OH excluding ortho intramolecular Hbond substituents is 4. The molecule has 2 unspecified atom stereocenters. The number of esters is 1. The topological polar surface area (TPSA) is 217 Å². The summed E-state index contributed by atoms with van der Waals surface area (Å²) in [5.74, 6) is -2.69. The largest absolute Gasteiger partial charge is 0.507 e. The lowest BCUT2D eigenvalue weighted by atomic mass is 9.89. The zero-order valence-electron chi connectivity index (χ0n) is 21.9. The molecule has 0 aliphatic carbocycles. The number of phenols is 4. The summed E-state index contributed by atoms with van der Waals surface area (Å²) in [7, 11) is 1.46. The Morgan fingerprint density at radius 1 is 0.857 bits per heavy atom. The van der Waals surface area contributed by atoms with Crippen LogP contribution in [0.4, 0.5) is 0 Å². The molecule has 42 heavy (non-hydrogen) atoms. The third-order valence-electron chi connectivity index (χ3n) is 6.97. The van der Waals surface area contributed by atoms with E-state index in [4.69, 9.17) is 18.6 Å². The number of rotatable bonds is 6. The van der Waals surface area contributed by atoms with E-state index in [0.717, 1.165) is 18.2 Å². The number of ether oxygens (including phenoxy) is 3. The van der Waals surface area contributed by atoms with Crippen molar-refractivity contribution in [3.8, 4) is 40.1 Å². The molecule has 13 nitrogen and oxygen atoms in total. The minimum absolute atomic E-state index is 0.0550. The first-order chi connectivity index (χ1) is 20.0. The van der Waals surface area contributed by atoms with E-state index in [2.05, 4.69) is 0 Å². The van der Waals surface area contributed by atoms with Crippen molar-refractivity contribution in [3.05, 3.63) is 75.9 Å². The van der Waals surface area contributed by atoms with Gasteiger partial charge in [0, 0.05) is 17.7 Å². The second-order valence-electron chi connectivity index (χ2n) is 9.60. The number of aromatic hydroxyl groups is 4. The summed E-state index contributed by atoms with van der Waals surface area (Å²) in [6, 6.07) is 11.7. The lowest BCUT2D eigenvalue weighted by Crippen LogP contribution is -2.55. The Balaban J connectivity index is 1.45. The SMILES string of the molecule is COc1ccc(C(=O)OCC2O[C@@H](c3c(O)cc4oc(-c5ccc(O)c(O)c5)cc(=O)c4c3O)C(O)[C@@H](O)[C@@H]2O)cc1. The van der Waals surface area contributed by atoms with Crippen LogP contribution in [-0.4, -0.2) is 79.8 Å². The van der Waals surface area contributed by atoms with Crippen molar-refractivity contribution >= 4 is 16.9 Å². The number of fused-ring (bicyclic) bond motifs is 1. The van der Waals surface area contributed by atoms with Crippen LogP contribution >= 0.6 is 0 Å². The fraction of sp³-hybridized carbons (Fsp3) is 0.241. The third kappa shape index (κ3) is 5.17. The molecular formula is C29H26O13. The molecule has 3 aromatic carbocycles. The average Bonchev–Trinajstić information content (AvgIpc) is 2.97. The van der Waals surface area contributed by atoms with Gasteiger partial charge in [-0.05, 0) is 42.5 Å². The van der Waals surface area contributed by atoms with Gasteiger partial charge < -0.3 is 54.4 Å². The van der Waals surface area contributed by atoms with Crippen LogP contribution in [0.1, 0.15) is 22.0 Å². The second-order valence-corrected chi connectivity index (χ2v) is 9.60. The van der Waals surface area contributed by atoms with Crippen LogP contribution in [0.5, 0.6) is 28.7 Å². The number of carbonyl (C=O) groups is 1. The van der Waals surface area contributed by atoms with Gasteiger partial charge in [0.15, 0.2) is 16.9 Å². The number of aliphatic hydroxyl groups is 3. The highest BCUT2D eigenvalue weighted by atomic mass is 16.6. The van der Waals surface area contributed by atoms with Gasteiger partial charge in [-0.3, -0.25) is 4.79 Å². The van der Waals surface area contributed by atoms with E-state index in [9.17, 15) is 45.3 Å². The standard InChI is InChI=1S/C29H26O13/c1-39-14-5-2-12(3-6-14)29(38)40-11-21-24(34)26(36)27(37)28(42-21)23-18(33)10-20-22(25(23)35)17(32)9-19(41-20)13-4-7-15(30)16(31)8-13/h2-10,21,24,26-28,30-31,33-37H,11H2,1H3/t21?,24-,26+,27?,28+/m1/s1. The summed E-state index contributed by atoms with van der Waals surface area (Å²) in [5, 5.41) is 72.5. The summed E-state index contributed by atoms with van der Waals surface area (Å²) in [6.07, 6.45) is -8.55. The highest BCUT2D eigenvalue weighted by Gasteiger charge is 2.46. The number of benzene rings is 3. The molecule has 7 N–H and O–H groups in total. The predicted octanol–water partition coefficient (Wildman–Crippen LogP) is 1.67. The molecule has 0 saturated carbocycles. The van der Waals surface area contributed by atoms with Crippen LogP contribution in [0, 0.1) is 0 Å². The molecule has 1 aliphatic heterocycles. The van der Waals surface area contributed by atoms with Gasteiger partial charge in [-0.1, -0.05) is 0 Å². The molecule has 0 bridgehead atoms. The molecule has 1 fully saturated rings. The zero-order chi connectivity index (χ0) is 30.3. The summed E-state index contributed by atoms with van der Waals surface area (Å²) < 4.78 is 21.6. The first-order valence-corrected chi connectivity index (χ1v) is 12.6. The Labute approximate surface area is 236 Å².